The normalized spacial score (nSPS) is 10.7. The fourth-order valence-corrected chi connectivity index (χ4v) is 1.53. The minimum absolute atomic E-state index is 0.287. The molecular weight excluding hydrogens is 192 g/mol. The van der Waals surface area contributed by atoms with E-state index in [0.29, 0.717) is 0 Å². The van der Waals surface area contributed by atoms with E-state index in [2.05, 4.69) is 17.0 Å². The second kappa shape index (κ2) is 3.68. The van der Waals surface area contributed by atoms with Crippen LogP contribution in [0.1, 0.15) is 23.8 Å². The van der Waals surface area contributed by atoms with Crippen LogP contribution in [-0.2, 0) is 6.54 Å². The molecule has 0 fully saturated rings. The quantitative estimate of drug-likeness (QED) is 0.808. The molecule has 0 saturated heterocycles. The molecule has 78 valence electrons. The number of rotatable bonds is 3. The Morgan fingerprint density at radius 1 is 1.60 bits per heavy atom. The lowest BCUT2D eigenvalue weighted by atomic mass is 10.2. The van der Waals surface area contributed by atoms with Crippen LogP contribution in [0.5, 0.6) is 0 Å². The van der Waals surface area contributed by atoms with Crippen LogP contribution >= 0.6 is 0 Å². The lowest BCUT2D eigenvalue weighted by Gasteiger charge is -1.94. The summed E-state index contributed by atoms with van der Waals surface area (Å²) in [5.74, 6) is -0.517. The first-order valence-corrected chi connectivity index (χ1v) is 4.84. The van der Waals surface area contributed by atoms with Crippen LogP contribution in [0.4, 0.5) is 0 Å². The van der Waals surface area contributed by atoms with Crippen molar-refractivity contribution in [2.24, 2.45) is 5.73 Å². The molecule has 0 aliphatic heterocycles. The molecule has 0 aromatic carbocycles. The molecule has 15 heavy (non-hydrogen) atoms. The zero-order valence-corrected chi connectivity index (χ0v) is 8.47. The van der Waals surface area contributed by atoms with Gasteiger partial charge >= 0.3 is 0 Å². The van der Waals surface area contributed by atoms with Crippen LogP contribution in [0.2, 0.25) is 0 Å². The fraction of sp³-hybridized carbons (Fsp3) is 0.300. The van der Waals surface area contributed by atoms with Crippen LogP contribution in [0.3, 0.4) is 0 Å². The number of carbonyl (C=O) groups is 1. The second-order valence-electron chi connectivity index (χ2n) is 3.35. The molecule has 0 spiro atoms. The summed E-state index contributed by atoms with van der Waals surface area (Å²) >= 11 is 0. The first-order chi connectivity index (χ1) is 7.22. The third-order valence-corrected chi connectivity index (χ3v) is 2.17. The average molecular weight is 204 g/mol. The molecule has 0 radical (unpaired) electrons. The van der Waals surface area contributed by atoms with Crippen molar-refractivity contribution in [3.8, 4) is 0 Å². The molecule has 0 atom stereocenters. The standard InChI is InChI=1S/C10H12N4O/c1-2-5-14-6-7-8(13-14)3-4-12-9(7)10(11)15/h3-4,6H,2,5H2,1H3,(H2,11,15). The lowest BCUT2D eigenvalue weighted by molar-refractivity contribution is 0.0997. The first-order valence-electron chi connectivity index (χ1n) is 4.84. The number of primary amides is 1. The minimum atomic E-state index is -0.517. The highest BCUT2D eigenvalue weighted by molar-refractivity contribution is 6.03. The molecule has 2 aromatic heterocycles. The van der Waals surface area contributed by atoms with Crippen molar-refractivity contribution >= 4 is 16.8 Å². The van der Waals surface area contributed by atoms with Crippen molar-refractivity contribution in [3.05, 3.63) is 24.2 Å². The molecule has 2 heterocycles. The van der Waals surface area contributed by atoms with Crippen molar-refractivity contribution in [1.82, 2.24) is 14.8 Å². The van der Waals surface area contributed by atoms with Crippen molar-refractivity contribution < 1.29 is 4.79 Å². The molecule has 0 unspecified atom stereocenters. The van der Waals surface area contributed by atoms with E-state index in [-0.39, 0.29) is 5.69 Å². The van der Waals surface area contributed by atoms with Gasteiger partial charge < -0.3 is 5.73 Å². The van der Waals surface area contributed by atoms with Crippen LogP contribution in [0, 0.1) is 0 Å². The summed E-state index contributed by atoms with van der Waals surface area (Å²) in [7, 11) is 0. The number of hydrogen-bond donors (Lipinski definition) is 1. The van der Waals surface area contributed by atoms with E-state index < -0.39 is 5.91 Å². The molecule has 0 aliphatic rings. The number of hydrogen-bond acceptors (Lipinski definition) is 3. The largest absolute Gasteiger partial charge is 0.364 e. The van der Waals surface area contributed by atoms with Gasteiger partial charge in [-0.1, -0.05) is 6.92 Å². The maximum Gasteiger partial charge on any atom is 0.268 e. The maximum atomic E-state index is 11.1. The monoisotopic (exact) mass is 204 g/mol. The van der Waals surface area contributed by atoms with Gasteiger partial charge in [-0.05, 0) is 12.5 Å². The van der Waals surface area contributed by atoms with Gasteiger partial charge in [-0.2, -0.15) is 5.10 Å². The molecule has 2 N–H and O–H groups in total. The Bertz CT molecular complexity index is 503. The molecule has 0 aliphatic carbocycles. The highest BCUT2D eigenvalue weighted by Gasteiger charge is 2.10. The zero-order valence-electron chi connectivity index (χ0n) is 8.47. The van der Waals surface area contributed by atoms with Gasteiger partial charge in [0.25, 0.3) is 5.91 Å². The lowest BCUT2D eigenvalue weighted by Crippen LogP contribution is -2.12. The van der Waals surface area contributed by atoms with Crippen LogP contribution in [0.25, 0.3) is 10.9 Å². The second-order valence-corrected chi connectivity index (χ2v) is 3.35. The van der Waals surface area contributed by atoms with Crippen molar-refractivity contribution in [2.45, 2.75) is 19.9 Å². The summed E-state index contributed by atoms with van der Waals surface area (Å²) in [5.41, 5.74) is 6.27. The van der Waals surface area contributed by atoms with E-state index in [0.717, 1.165) is 23.9 Å². The Morgan fingerprint density at radius 3 is 3.07 bits per heavy atom. The van der Waals surface area contributed by atoms with Crippen LogP contribution in [-0.4, -0.2) is 20.7 Å². The number of amides is 1. The van der Waals surface area contributed by atoms with Crippen LogP contribution < -0.4 is 5.73 Å². The number of carbonyl (C=O) groups excluding carboxylic acids is 1. The van der Waals surface area contributed by atoms with E-state index in [9.17, 15) is 4.79 Å². The predicted octanol–water partition coefficient (Wildman–Crippen LogP) is 0.940. The highest BCUT2D eigenvalue weighted by atomic mass is 16.1. The van der Waals surface area contributed by atoms with Gasteiger partial charge in [0.2, 0.25) is 0 Å². The topological polar surface area (TPSA) is 73.8 Å². The molecule has 0 saturated carbocycles. The number of nitrogens with two attached hydrogens (primary N) is 1. The van der Waals surface area contributed by atoms with Gasteiger partial charge in [-0.25, -0.2) is 0 Å². The number of pyridine rings is 1. The fourth-order valence-electron chi connectivity index (χ4n) is 1.53. The van der Waals surface area contributed by atoms with E-state index in [1.54, 1.807) is 16.9 Å². The van der Waals surface area contributed by atoms with Gasteiger partial charge in [-0.3, -0.25) is 14.5 Å². The molecule has 2 aromatic rings. The molecule has 1 amide bonds. The minimum Gasteiger partial charge on any atom is -0.364 e. The summed E-state index contributed by atoms with van der Waals surface area (Å²) < 4.78 is 1.80. The third-order valence-electron chi connectivity index (χ3n) is 2.17. The zero-order chi connectivity index (χ0) is 10.8. The summed E-state index contributed by atoms with van der Waals surface area (Å²) in [5, 5.41) is 5.04. The van der Waals surface area contributed by atoms with Gasteiger partial charge in [0.05, 0.1) is 10.9 Å². The van der Waals surface area contributed by atoms with Crippen molar-refractivity contribution in [1.29, 1.82) is 0 Å². The average Bonchev–Trinajstić information content (AvgIpc) is 2.59. The smallest absolute Gasteiger partial charge is 0.268 e. The molecule has 2 rings (SSSR count). The van der Waals surface area contributed by atoms with Gasteiger partial charge in [0.1, 0.15) is 5.69 Å². The van der Waals surface area contributed by atoms with E-state index in [1.807, 2.05) is 6.20 Å². The Morgan fingerprint density at radius 2 is 2.40 bits per heavy atom. The molecular formula is C10H12N4O. The molecule has 0 bridgehead atoms. The first kappa shape index (κ1) is 9.64. The summed E-state index contributed by atoms with van der Waals surface area (Å²) in [6, 6.07) is 1.77. The SMILES string of the molecule is CCCn1cc2c(C(N)=O)nccc2n1. The molecule has 5 heteroatoms. The van der Waals surface area contributed by atoms with Crippen molar-refractivity contribution in [2.75, 3.05) is 0 Å². The summed E-state index contributed by atoms with van der Waals surface area (Å²) in [4.78, 5) is 15.1. The predicted molar refractivity (Wildman–Crippen MR) is 56.3 cm³/mol. The van der Waals surface area contributed by atoms with Gasteiger partial charge in [0, 0.05) is 18.9 Å². The summed E-state index contributed by atoms with van der Waals surface area (Å²) in [6.45, 7) is 2.90. The number of aryl methyl sites for hydroxylation is 1. The van der Waals surface area contributed by atoms with Gasteiger partial charge in [0.15, 0.2) is 0 Å². The Labute approximate surface area is 86.9 Å². The summed E-state index contributed by atoms with van der Waals surface area (Å²) in [6.07, 6.45) is 4.35. The van der Waals surface area contributed by atoms with Gasteiger partial charge in [-0.15, -0.1) is 0 Å². The number of aromatic nitrogens is 3. The highest BCUT2D eigenvalue weighted by Crippen LogP contribution is 2.14. The van der Waals surface area contributed by atoms with E-state index in [1.165, 1.54) is 0 Å². The Balaban J connectivity index is 2.59. The van der Waals surface area contributed by atoms with E-state index >= 15 is 0 Å². The molecule has 5 nitrogen and oxygen atoms in total. The van der Waals surface area contributed by atoms with Crippen LogP contribution in [0.15, 0.2) is 18.5 Å². The van der Waals surface area contributed by atoms with Crippen molar-refractivity contribution in [3.63, 3.8) is 0 Å². The number of fused-ring (bicyclic) bond motifs is 1. The Kier molecular flexibility index (Phi) is 2.37. The Hall–Kier alpha value is -1.91. The van der Waals surface area contributed by atoms with E-state index in [4.69, 9.17) is 5.73 Å². The number of nitrogens with zero attached hydrogens (tertiary/aromatic N) is 3. The third kappa shape index (κ3) is 1.68. The maximum absolute atomic E-state index is 11.1.